The van der Waals surface area contributed by atoms with Crippen LogP contribution in [0.25, 0.3) is 6.08 Å². The van der Waals surface area contributed by atoms with E-state index in [4.69, 9.17) is 20.9 Å². The summed E-state index contributed by atoms with van der Waals surface area (Å²) < 4.78 is 72.4. The zero-order valence-corrected chi connectivity index (χ0v) is 22.5. The third-order valence-electron chi connectivity index (χ3n) is 6.18. The van der Waals surface area contributed by atoms with Gasteiger partial charge in [-0.05, 0) is 85.0 Å². The second-order valence-corrected chi connectivity index (χ2v) is 9.41. The molecule has 228 valence electrons. The molecule has 3 rings (SSSR count). The molecule has 13 heteroatoms. The van der Waals surface area contributed by atoms with Gasteiger partial charge in [-0.3, -0.25) is 0 Å². The van der Waals surface area contributed by atoms with E-state index in [0.29, 0.717) is 23.4 Å². The van der Waals surface area contributed by atoms with Crippen LogP contribution in [0.2, 0.25) is 0 Å². The number of ether oxygens (including phenoxy) is 2. The van der Waals surface area contributed by atoms with Crippen molar-refractivity contribution in [3.8, 4) is 5.75 Å². The fourth-order valence-electron chi connectivity index (χ4n) is 3.78. The Kier molecular flexibility index (Phi) is 10.5. The first-order valence-corrected chi connectivity index (χ1v) is 12.8. The van der Waals surface area contributed by atoms with Gasteiger partial charge in [0.25, 0.3) is 0 Å². The number of carboxylic acids is 1. The van der Waals surface area contributed by atoms with Crippen molar-refractivity contribution in [2.24, 2.45) is 0 Å². The van der Waals surface area contributed by atoms with Gasteiger partial charge in [-0.25, -0.2) is 14.4 Å². The Balaban J connectivity index is 1.54. The molecule has 0 amide bonds. The number of hydrogen-bond acceptors (Lipinski definition) is 7. The number of alkyl halides is 5. The van der Waals surface area contributed by atoms with Gasteiger partial charge in [0.2, 0.25) is 0 Å². The Hall–Kier alpha value is -4.94. The van der Waals surface area contributed by atoms with Gasteiger partial charge in [-0.2, -0.15) is 22.0 Å². The molecule has 0 saturated heterocycles. The van der Waals surface area contributed by atoms with Crippen LogP contribution in [0.5, 0.6) is 5.75 Å². The Morgan fingerprint density at radius 2 is 1.44 bits per heavy atom. The van der Waals surface area contributed by atoms with Crippen LogP contribution < -0.4 is 16.2 Å². The first-order valence-electron chi connectivity index (χ1n) is 12.8. The van der Waals surface area contributed by atoms with Gasteiger partial charge in [0.05, 0.1) is 17.7 Å². The molecule has 0 aliphatic heterocycles. The molecule has 3 aromatic carbocycles. The van der Waals surface area contributed by atoms with E-state index in [0.717, 1.165) is 5.56 Å². The summed E-state index contributed by atoms with van der Waals surface area (Å²) in [5.74, 6) is -7.61. The fourth-order valence-corrected chi connectivity index (χ4v) is 3.78. The van der Waals surface area contributed by atoms with Crippen LogP contribution in [-0.4, -0.2) is 41.7 Å². The summed E-state index contributed by atoms with van der Waals surface area (Å²) in [6.45, 7) is -0.641. The third-order valence-corrected chi connectivity index (χ3v) is 6.18. The molecule has 5 N–H and O–H groups in total. The van der Waals surface area contributed by atoms with Gasteiger partial charge in [0.15, 0.2) is 0 Å². The lowest BCUT2D eigenvalue weighted by atomic mass is 10.0. The van der Waals surface area contributed by atoms with Crippen molar-refractivity contribution in [1.82, 2.24) is 0 Å². The Labute approximate surface area is 242 Å². The minimum atomic E-state index is -5.68. The van der Waals surface area contributed by atoms with Gasteiger partial charge in [-0.15, -0.1) is 0 Å². The highest BCUT2D eigenvalue weighted by molar-refractivity contribution is 5.94. The number of aryl methyl sites for hydroxylation is 1. The molecule has 0 heterocycles. The van der Waals surface area contributed by atoms with E-state index in [-0.39, 0.29) is 28.9 Å². The molecule has 0 atom stereocenters. The van der Waals surface area contributed by atoms with Crippen LogP contribution in [0, 0.1) is 0 Å². The standard InChI is InChI=1S/C30H27F5N2O6/c31-29(32,30(33,34)35)14-1-15-42-27(40)20-9-12-24(13-10-20)43-28(41)21-4-2-18(3-5-21)16-22(26(38)39)7-6-19-8-11-23(36)17-25(19)37/h2-5,8-13,16-17H,1,6-7,14-15,36-37H2,(H,38,39). The summed E-state index contributed by atoms with van der Waals surface area (Å²) in [4.78, 5) is 36.3. The predicted octanol–water partition coefficient (Wildman–Crippen LogP) is 6.31. The Morgan fingerprint density at radius 1 is 0.837 bits per heavy atom. The van der Waals surface area contributed by atoms with Gasteiger partial charge >= 0.3 is 30.0 Å². The van der Waals surface area contributed by atoms with Crippen LogP contribution in [0.3, 0.4) is 0 Å². The highest BCUT2D eigenvalue weighted by Gasteiger charge is 2.56. The highest BCUT2D eigenvalue weighted by atomic mass is 19.4. The van der Waals surface area contributed by atoms with Crippen molar-refractivity contribution in [1.29, 1.82) is 0 Å². The van der Waals surface area contributed by atoms with Gasteiger partial charge in [-0.1, -0.05) is 18.2 Å². The van der Waals surface area contributed by atoms with Crippen LogP contribution in [0.4, 0.5) is 33.3 Å². The van der Waals surface area contributed by atoms with Gasteiger partial charge in [0, 0.05) is 23.4 Å². The van der Waals surface area contributed by atoms with Crippen molar-refractivity contribution < 1.29 is 50.9 Å². The van der Waals surface area contributed by atoms with E-state index in [1.165, 1.54) is 42.5 Å². The average molecular weight is 607 g/mol. The van der Waals surface area contributed by atoms with Crippen LogP contribution in [0.15, 0.2) is 72.3 Å². The predicted molar refractivity (Wildman–Crippen MR) is 148 cm³/mol. The summed E-state index contributed by atoms with van der Waals surface area (Å²) in [7, 11) is 0. The number of rotatable bonds is 12. The number of anilines is 2. The molecule has 0 aliphatic carbocycles. The zero-order valence-electron chi connectivity index (χ0n) is 22.5. The maximum Gasteiger partial charge on any atom is 0.453 e. The number of hydrogen-bond donors (Lipinski definition) is 3. The second-order valence-electron chi connectivity index (χ2n) is 9.41. The number of nitrogen functional groups attached to an aromatic ring is 2. The minimum Gasteiger partial charge on any atom is -0.478 e. The summed E-state index contributed by atoms with van der Waals surface area (Å²) in [5.41, 5.74) is 14.1. The molecule has 0 bridgehead atoms. The Morgan fingerprint density at radius 3 is 2.02 bits per heavy atom. The molecule has 0 fully saturated rings. The first kappa shape index (κ1) is 32.6. The molecule has 0 aromatic heterocycles. The zero-order chi connectivity index (χ0) is 31.8. The molecule has 8 nitrogen and oxygen atoms in total. The van der Waals surface area contributed by atoms with E-state index < -0.39 is 49.5 Å². The highest BCUT2D eigenvalue weighted by Crippen LogP contribution is 2.38. The smallest absolute Gasteiger partial charge is 0.453 e. The lowest BCUT2D eigenvalue weighted by Gasteiger charge is -2.19. The summed E-state index contributed by atoms with van der Waals surface area (Å²) >= 11 is 0. The number of benzene rings is 3. The Bertz CT molecular complexity index is 1490. The summed E-state index contributed by atoms with van der Waals surface area (Å²) in [6.07, 6.45) is -5.83. The SMILES string of the molecule is Nc1ccc(CCC(=Cc2ccc(C(=O)Oc3ccc(C(=O)OCCCC(F)(F)C(F)(F)F)cc3)cc2)C(=O)O)c(N)c1. The van der Waals surface area contributed by atoms with Gasteiger partial charge < -0.3 is 26.0 Å². The largest absolute Gasteiger partial charge is 0.478 e. The molecular weight excluding hydrogens is 579 g/mol. The quantitative estimate of drug-likeness (QED) is 0.0544. The van der Waals surface area contributed by atoms with Crippen molar-refractivity contribution in [3.63, 3.8) is 0 Å². The maximum atomic E-state index is 12.9. The number of aliphatic carboxylic acids is 1. The molecule has 0 saturated carbocycles. The van der Waals surface area contributed by atoms with E-state index in [9.17, 15) is 41.4 Å². The van der Waals surface area contributed by atoms with Crippen molar-refractivity contribution >= 4 is 35.4 Å². The first-order chi connectivity index (χ1) is 20.2. The van der Waals surface area contributed by atoms with Crippen LogP contribution >= 0.6 is 0 Å². The fraction of sp³-hybridized carbons (Fsp3) is 0.233. The second kappa shape index (κ2) is 13.8. The van der Waals surface area contributed by atoms with E-state index in [1.807, 2.05) is 0 Å². The van der Waals surface area contributed by atoms with E-state index in [2.05, 4.69) is 0 Å². The number of halogens is 5. The molecular formula is C30H27F5N2O6. The number of esters is 2. The normalized spacial score (nSPS) is 12.1. The lowest BCUT2D eigenvalue weighted by molar-refractivity contribution is -0.284. The maximum absolute atomic E-state index is 12.9. The number of carboxylic acid groups (broad SMARTS) is 1. The molecule has 0 unspecified atom stereocenters. The number of nitrogens with two attached hydrogens (primary N) is 2. The summed E-state index contributed by atoms with van der Waals surface area (Å²) in [5, 5.41) is 9.61. The summed E-state index contributed by atoms with van der Waals surface area (Å²) in [6, 6.07) is 16.0. The van der Waals surface area contributed by atoms with Crippen molar-refractivity contribution in [2.75, 3.05) is 18.1 Å². The molecule has 0 aliphatic rings. The molecule has 43 heavy (non-hydrogen) atoms. The van der Waals surface area contributed by atoms with Crippen molar-refractivity contribution in [3.05, 3.63) is 94.6 Å². The monoisotopic (exact) mass is 606 g/mol. The third kappa shape index (κ3) is 9.28. The minimum absolute atomic E-state index is 0.0353. The van der Waals surface area contributed by atoms with E-state index in [1.54, 1.807) is 30.3 Å². The van der Waals surface area contributed by atoms with Crippen LogP contribution in [0.1, 0.15) is 51.1 Å². The molecule has 0 spiro atoms. The lowest BCUT2D eigenvalue weighted by Crippen LogP contribution is -2.36. The topological polar surface area (TPSA) is 142 Å². The van der Waals surface area contributed by atoms with Crippen molar-refractivity contribution in [2.45, 2.75) is 37.8 Å². The average Bonchev–Trinajstić information content (AvgIpc) is 2.94. The van der Waals surface area contributed by atoms with E-state index >= 15 is 0 Å². The van der Waals surface area contributed by atoms with Crippen LogP contribution in [-0.2, 0) is 16.0 Å². The van der Waals surface area contributed by atoms with Gasteiger partial charge in [0.1, 0.15) is 5.75 Å². The number of carbonyl (C=O) groups excluding carboxylic acids is 2. The number of carbonyl (C=O) groups is 3. The molecule has 0 radical (unpaired) electrons. The molecule has 3 aromatic rings.